The third-order valence-electron chi connectivity index (χ3n) is 2.66. The Morgan fingerprint density at radius 3 is 2.37 bits per heavy atom. The predicted molar refractivity (Wildman–Crippen MR) is 74.7 cm³/mol. The Bertz CT molecular complexity index is 587. The Balaban J connectivity index is 2.46. The maximum atomic E-state index is 13.3. The number of benzene rings is 2. The highest BCUT2D eigenvalue weighted by molar-refractivity contribution is 9.10. The van der Waals surface area contributed by atoms with Crippen molar-refractivity contribution in [3.8, 4) is 0 Å². The molecule has 1 unspecified atom stereocenters. The number of hydrazine groups is 1. The van der Waals surface area contributed by atoms with E-state index in [0.717, 1.165) is 22.2 Å². The van der Waals surface area contributed by atoms with E-state index in [0.29, 0.717) is 10.6 Å². The van der Waals surface area contributed by atoms with Crippen molar-refractivity contribution in [1.82, 2.24) is 5.43 Å². The standard InChI is InChI=1S/C13H10BrClF2N2/c14-9-3-8(4-10(15)6-9)13(19-18)7-1-2-11(16)12(17)5-7/h1-6,13,19H,18H2. The Kier molecular flexibility index (Phi) is 4.52. The van der Waals surface area contributed by atoms with Gasteiger partial charge in [0.1, 0.15) is 0 Å². The van der Waals surface area contributed by atoms with E-state index in [1.165, 1.54) is 6.07 Å². The number of halogens is 4. The number of nitrogens with one attached hydrogen (secondary N) is 1. The van der Waals surface area contributed by atoms with Crippen LogP contribution in [0, 0.1) is 11.6 Å². The normalized spacial score (nSPS) is 12.5. The topological polar surface area (TPSA) is 38.0 Å². The highest BCUT2D eigenvalue weighted by atomic mass is 79.9. The lowest BCUT2D eigenvalue weighted by Gasteiger charge is -2.17. The van der Waals surface area contributed by atoms with Gasteiger partial charge in [-0.3, -0.25) is 5.84 Å². The van der Waals surface area contributed by atoms with Crippen LogP contribution in [0.5, 0.6) is 0 Å². The van der Waals surface area contributed by atoms with Gasteiger partial charge < -0.3 is 0 Å². The molecule has 0 radical (unpaired) electrons. The molecule has 0 spiro atoms. The van der Waals surface area contributed by atoms with Crippen LogP contribution in [0.25, 0.3) is 0 Å². The van der Waals surface area contributed by atoms with Gasteiger partial charge in [0.25, 0.3) is 0 Å². The molecule has 0 amide bonds. The molecule has 2 aromatic rings. The second kappa shape index (κ2) is 5.96. The Morgan fingerprint density at radius 2 is 1.79 bits per heavy atom. The van der Waals surface area contributed by atoms with E-state index >= 15 is 0 Å². The number of rotatable bonds is 3. The van der Waals surface area contributed by atoms with Gasteiger partial charge in [-0.25, -0.2) is 14.2 Å². The largest absolute Gasteiger partial charge is 0.271 e. The summed E-state index contributed by atoms with van der Waals surface area (Å²) in [6, 6.07) is 8.39. The maximum absolute atomic E-state index is 13.3. The molecular formula is C13H10BrClF2N2. The lowest BCUT2D eigenvalue weighted by molar-refractivity contribution is 0.504. The molecule has 0 fully saturated rings. The van der Waals surface area contributed by atoms with Crippen molar-refractivity contribution in [2.75, 3.05) is 0 Å². The minimum atomic E-state index is -0.918. The maximum Gasteiger partial charge on any atom is 0.159 e. The average Bonchev–Trinajstić information content (AvgIpc) is 2.33. The molecule has 0 aliphatic heterocycles. The van der Waals surface area contributed by atoms with Crippen molar-refractivity contribution in [3.05, 3.63) is 68.7 Å². The molecule has 0 aliphatic carbocycles. The third-order valence-corrected chi connectivity index (χ3v) is 3.34. The summed E-state index contributed by atoms with van der Waals surface area (Å²) in [4.78, 5) is 0. The first-order valence-corrected chi connectivity index (χ1v) is 6.55. The SMILES string of the molecule is NNC(c1cc(Cl)cc(Br)c1)c1ccc(F)c(F)c1. The summed E-state index contributed by atoms with van der Waals surface area (Å²) in [6.07, 6.45) is 0. The predicted octanol–water partition coefficient (Wildman–Crippen LogP) is 3.93. The Labute approximate surface area is 122 Å². The van der Waals surface area contributed by atoms with E-state index in [4.69, 9.17) is 17.4 Å². The first kappa shape index (κ1) is 14.4. The molecule has 2 rings (SSSR count). The molecule has 0 bridgehead atoms. The van der Waals surface area contributed by atoms with Crippen LogP contribution in [0.3, 0.4) is 0 Å². The molecular weight excluding hydrogens is 338 g/mol. The lowest BCUT2D eigenvalue weighted by Crippen LogP contribution is -2.29. The minimum absolute atomic E-state index is 0.481. The van der Waals surface area contributed by atoms with Crippen LogP contribution >= 0.6 is 27.5 Å². The zero-order chi connectivity index (χ0) is 14.0. The molecule has 0 aliphatic rings. The van der Waals surface area contributed by atoms with E-state index in [1.54, 1.807) is 18.2 Å². The van der Waals surface area contributed by atoms with Crippen LogP contribution < -0.4 is 11.3 Å². The monoisotopic (exact) mass is 346 g/mol. The smallest absolute Gasteiger partial charge is 0.159 e. The van der Waals surface area contributed by atoms with Gasteiger partial charge in [-0.2, -0.15) is 0 Å². The third kappa shape index (κ3) is 3.30. The summed E-state index contributed by atoms with van der Waals surface area (Å²) in [5.74, 6) is 3.69. The molecule has 2 aromatic carbocycles. The molecule has 2 nitrogen and oxygen atoms in total. The van der Waals surface area contributed by atoms with Crippen molar-refractivity contribution < 1.29 is 8.78 Å². The van der Waals surface area contributed by atoms with Crippen LogP contribution in [0.15, 0.2) is 40.9 Å². The van der Waals surface area contributed by atoms with E-state index < -0.39 is 17.7 Å². The second-order valence-electron chi connectivity index (χ2n) is 3.98. The fraction of sp³-hybridized carbons (Fsp3) is 0.0769. The summed E-state index contributed by atoms with van der Waals surface area (Å²) in [7, 11) is 0. The van der Waals surface area contributed by atoms with Gasteiger partial charge in [0.05, 0.1) is 6.04 Å². The van der Waals surface area contributed by atoms with Crippen LogP contribution in [0.2, 0.25) is 5.02 Å². The summed E-state index contributed by atoms with van der Waals surface area (Å²) in [6.45, 7) is 0. The summed E-state index contributed by atoms with van der Waals surface area (Å²) in [5.41, 5.74) is 3.82. The highest BCUT2D eigenvalue weighted by Crippen LogP contribution is 2.28. The van der Waals surface area contributed by atoms with Crippen molar-refractivity contribution in [2.24, 2.45) is 5.84 Å². The molecule has 100 valence electrons. The minimum Gasteiger partial charge on any atom is -0.271 e. The average molecular weight is 348 g/mol. The summed E-state index contributed by atoms with van der Waals surface area (Å²) >= 11 is 9.28. The van der Waals surface area contributed by atoms with Gasteiger partial charge >= 0.3 is 0 Å². The molecule has 1 atom stereocenters. The zero-order valence-corrected chi connectivity index (χ0v) is 12.0. The molecule has 19 heavy (non-hydrogen) atoms. The van der Waals surface area contributed by atoms with Gasteiger partial charge in [-0.15, -0.1) is 0 Å². The van der Waals surface area contributed by atoms with Gasteiger partial charge in [-0.05, 0) is 41.5 Å². The van der Waals surface area contributed by atoms with Crippen LogP contribution in [-0.4, -0.2) is 0 Å². The van der Waals surface area contributed by atoms with E-state index in [-0.39, 0.29) is 0 Å². The number of hydrogen-bond donors (Lipinski definition) is 2. The molecule has 6 heteroatoms. The van der Waals surface area contributed by atoms with Crippen molar-refractivity contribution in [2.45, 2.75) is 6.04 Å². The first-order chi connectivity index (χ1) is 9.01. The Hall–Kier alpha value is -1.01. The van der Waals surface area contributed by atoms with E-state index in [9.17, 15) is 8.78 Å². The Morgan fingerprint density at radius 1 is 1.05 bits per heavy atom. The number of nitrogens with two attached hydrogens (primary N) is 1. The lowest BCUT2D eigenvalue weighted by atomic mass is 9.99. The van der Waals surface area contributed by atoms with Crippen molar-refractivity contribution in [1.29, 1.82) is 0 Å². The van der Waals surface area contributed by atoms with Crippen molar-refractivity contribution >= 4 is 27.5 Å². The van der Waals surface area contributed by atoms with E-state index in [1.807, 2.05) is 0 Å². The zero-order valence-electron chi connectivity index (χ0n) is 9.63. The van der Waals surface area contributed by atoms with Crippen LogP contribution in [0.1, 0.15) is 17.2 Å². The molecule has 0 heterocycles. The van der Waals surface area contributed by atoms with Gasteiger partial charge in [0.2, 0.25) is 0 Å². The van der Waals surface area contributed by atoms with Crippen LogP contribution in [0.4, 0.5) is 8.78 Å². The summed E-state index contributed by atoms with van der Waals surface area (Å²) < 4.78 is 27.0. The van der Waals surface area contributed by atoms with Gasteiger partial charge in [-0.1, -0.05) is 33.6 Å². The van der Waals surface area contributed by atoms with Crippen molar-refractivity contribution in [3.63, 3.8) is 0 Å². The quantitative estimate of drug-likeness (QED) is 0.652. The highest BCUT2D eigenvalue weighted by Gasteiger charge is 2.15. The molecule has 0 aromatic heterocycles. The summed E-state index contributed by atoms with van der Waals surface area (Å²) in [5, 5.41) is 0.521. The van der Waals surface area contributed by atoms with E-state index in [2.05, 4.69) is 21.4 Å². The fourth-order valence-electron chi connectivity index (χ4n) is 1.82. The second-order valence-corrected chi connectivity index (χ2v) is 5.33. The van der Waals surface area contributed by atoms with Crippen LogP contribution in [-0.2, 0) is 0 Å². The van der Waals surface area contributed by atoms with Gasteiger partial charge in [0, 0.05) is 9.50 Å². The molecule has 3 N–H and O–H groups in total. The van der Waals surface area contributed by atoms with Gasteiger partial charge in [0.15, 0.2) is 11.6 Å². The molecule has 0 saturated carbocycles. The number of hydrogen-bond acceptors (Lipinski definition) is 2. The molecule has 0 saturated heterocycles. The first-order valence-electron chi connectivity index (χ1n) is 5.38. The fourth-order valence-corrected chi connectivity index (χ4v) is 2.70.